The van der Waals surface area contributed by atoms with Crippen LogP contribution < -0.4 is 10.6 Å². The van der Waals surface area contributed by atoms with Crippen molar-refractivity contribution in [2.45, 2.75) is 17.9 Å². The summed E-state index contributed by atoms with van der Waals surface area (Å²) in [6.07, 6.45) is -1.29. The van der Waals surface area contributed by atoms with Gasteiger partial charge in [-0.2, -0.15) is 0 Å². The lowest BCUT2D eigenvalue weighted by molar-refractivity contribution is -0.153. The minimum Gasteiger partial charge on any atom is -0.447 e. The summed E-state index contributed by atoms with van der Waals surface area (Å²) < 4.78 is 18.9. The van der Waals surface area contributed by atoms with Crippen molar-refractivity contribution < 1.29 is 23.5 Å². The van der Waals surface area contributed by atoms with Crippen LogP contribution in [-0.4, -0.2) is 30.2 Å². The second-order valence-corrected chi connectivity index (χ2v) is 6.37. The Balaban J connectivity index is 2.05. The minimum absolute atomic E-state index is 0.182. The van der Waals surface area contributed by atoms with E-state index < -0.39 is 29.8 Å². The van der Waals surface area contributed by atoms with Crippen LogP contribution in [-0.2, 0) is 14.3 Å². The van der Waals surface area contributed by atoms with Gasteiger partial charge in [0, 0.05) is 17.0 Å². The average Bonchev–Trinajstić information content (AvgIpc) is 2.66. The molecule has 2 aromatic rings. The third kappa shape index (κ3) is 6.41. The molecule has 8 heteroatoms. The van der Waals surface area contributed by atoms with Crippen molar-refractivity contribution in [1.29, 1.82) is 0 Å². The molecule has 3 amide bonds. The number of amides is 3. The average molecular weight is 390 g/mol. The quantitative estimate of drug-likeness (QED) is 0.561. The number of thioether (sulfide) groups is 1. The summed E-state index contributed by atoms with van der Waals surface area (Å²) in [4.78, 5) is 36.5. The zero-order chi connectivity index (χ0) is 19.6. The molecule has 0 saturated heterocycles. The summed E-state index contributed by atoms with van der Waals surface area (Å²) >= 11 is 0.966. The molecule has 0 aliphatic rings. The zero-order valence-electron chi connectivity index (χ0n) is 14.6. The first-order valence-electron chi connectivity index (χ1n) is 8.21. The lowest BCUT2D eigenvalue weighted by Gasteiger charge is -2.17. The largest absolute Gasteiger partial charge is 0.447 e. The van der Waals surface area contributed by atoms with Crippen LogP contribution in [0.25, 0.3) is 0 Å². The minimum atomic E-state index is -1.29. The molecule has 0 aliphatic carbocycles. The van der Waals surface area contributed by atoms with Crippen LogP contribution >= 0.6 is 11.8 Å². The van der Waals surface area contributed by atoms with Crippen LogP contribution in [0.3, 0.4) is 0 Å². The van der Waals surface area contributed by atoms with E-state index in [1.165, 1.54) is 6.07 Å². The first kappa shape index (κ1) is 20.4. The number of halogens is 1. The Labute approximate surface area is 160 Å². The van der Waals surface area contributed by atoms with Crippen molar-refractivity contribution in [2.75, 3.05) is 12.3 Å². The summed E-state index contributed by atoms with van der Waals surface area (Å²) in [5.74, 6) is -2.10. The number of hydrogen-bond donors (Lipinski definition) is 2. The Hall–Kier alpha value is -2.87. The van der Waals surface area contributed by atoms with Gasteiger partial charge in [0.15, 0.2) is 0 Å². The normalized spacial score (nSPS) is 11.3. The van der Waals surface area contributed by atoms with Gasteiger partial charge >= 0.3 is 12.0 Å². The Kier molecular flexibility index (Phi) is 7.81. The van der Waals surface area contributed by atoms with E-state index in [1.807, 2.05) is 0 Å². The molecule has 0 fully saturated rings. The van der Waals surface area contributed by atoms with Crippen molar-refractivity contribution in [3.05, 3.63) is 66.0 Å². The summed E-state index contributed by atoms with van der Waals surface area (Å²) in [5, 5.41) is 4.57. The van der Waals surface area contributed by atoms with Crippen molar-refractivity contribution in [3.8, 4) is 0 Å². The van der Waals surface area contributed by atoms with Gasteiger partial charge in [-0.05, 0) is 19.1 Å². The number of nitrogens with one attached hydrogen (secondary N) is 2. The molecule has 0 unspecified atom stereocenters. The number of urea groups is 1. The maximum atomic E-state index is 13.6. The van der Waals surface area contributed by atoms with Gasteiger partial charge in [-0.1, -0.05) is 42.5 Å². The Morgan fingerprint density at radius 3 is 2.41 bits per heavy atom. The standard InChI is InChI=1S/C19H19FN2O4S/c1-2-21-19(25)22-18(24)17(13-8-4-3-5-9-13)26-16(23)12-27-15-11-7-6-10-14(15)20/h3-11,17H,2,12H2,1H3,(H2,21,22,24,25)/t17-/m1/s1. The fraction of sp³-hybridized carbons (Fsp3) is 0.211. The van der Waals surface area contributed by atoms with Gasteiger partial charge in [0.25, 0.3) is 5.91 Å². The topological polar surface area (TPSA) is 84.5 Å². The van der Waals surface area contributed by atoms with Gasteiger partial charge in [-0.25, -0.2) is 9.18 Å². The van der Waals surface area contributed by atoms with Gasteiger partial charge in [-0.15, -0.1) is 11.8 Å². The van der Waals surface area contributed by atoms with E-state index in [-0.39, 0.29) is 5.75 Å². The van der Waals surface area contributed by atoms with Gasteiger partial charge in [0.05, 0.1) is 5.75 Å². The molecule has 0 radical (unpaired) electrons. The van der Waals surface area contributed by atoms with Crippen molar-refractivity contribution in [1.82, 2.24) is 10.6 Å². The van der Waals surface area contributed by atoms with Crippen LogP contribution in [0.5, 0.6) is 0 Å². The number of hydrogen-bond acceptors (Lipinski definition) is 5. The number of benzene rings is 2. The molecule has 1 atom stereocenters. The highest BCUT2D eigenvalue weighted by Gasteiger charge is 2.26. The number of rotatable bonds is 7. The van der Waals surface area contributed by atoms with Crippen LogP contribution in [0.15, 0.2) is 59.5 Å². The van der Waals surface area contributed by atoms with E-state index in [0.717, 1.165) is 11.8 Å². The lowest BCUT2D eigenvalue weighted by atomic mass is 10.1. The van der Waals surface area contributed by atoms with Crippen molar-refractivity contribution >= 4 is 29.7 Å². The number of carbonyl (C=O) groups excluding carboxylic acids is 3. The molecule has 6 nitrogen and oxygen atoms in total. The van der Waals surface area contributed by atoms with Gasteiger partial charge in [0.1, 0.15) is 5.82 Å². The monoisotopic (exact) mass is 390 g/mol. The fourth-order valence-electron chi connectivity index (χ4n) is 2.15. The molecule has 0 aliphatic heterocycles. The summed E-state index contributed by atoms with van der Waals surface area (Å²) in [6, 6.07) is 13.7. The van der Waals surface area contributed by atoms with Gasteiger partial charge in [0.2, 0.25) is 6.10 Å². The van der Waals surface area contributed by atoms with Crippen LogP contribution in [0.4, 0.5) is 9.18 Å². The first-order valence-corrected chi connectivity index (χ1v) is 9.20. The third-order valence-corrected chi connectivity index (χ3v) is 4.37. The summed E-state index contributed by atoms with van der Waals surface area (Å²) in [7, 11) is 0. The highest BCUT2D eigenvalue weighted by Crippen LogP contribution is 2.23. The van der Waals surface area contributed by atoms with Crippen molar-refractivity contribution in [3.63, 3.8) is 0 Å². The molecule has 0 heterocycles. The zero-order valence-corrected chi connectivity index (χ0v) is 15.4. The van der Waals surface area contributed by atoms with E-state index in [1.54, 1.807) is 55.5 Å². The Morgan fingerprint density at radius 2 is 1.74 bits per heavy atom. The summed E-state index contributed by atoms with van der Waals surface area (Å²) in [5.41, 5.74) is 0.420. The molecule has 0 spiro atoms. The SMILES string of the molecule is CCNC(=O)NC(=O)[C@H](OC(=O)CSc1ccccc1F)c1ccccc1. The predicted molar refractivity (Wildman–Crippen MR) is 99.6 cm³/mol. The molecular weight excluding hydrogens is 371 g/mol. The van der Waals surface area contributed by atoms with Gasteiger partial charge < -0.3 is 10.1 Å². The maximum Gasteiger partial charge on any atom is 0.321 e. The Morgan fingerprint density at radius 1 is 1.07 bits per heavy atom. The molecule has 142 valence electrons. The van der Waals surface area contributed by atoms with E-state index in [2.05, 4.69) is 10.6 Å². The molecule has 0 bridgehead atoms. The molecule has 2 rings (SSSR count). The lowest BCUT2D eigenvalue weighted by Crippen LogP contribution is -2.42. The first-order chi connectivity index (χ1) is 13.0. The highest BCUT2D eigenvalue weighted by molar-refractivity contribution is 8.00. The van der Waals surface area contributed by atoms with Crippen molar-refractivity contribution in [2.24, 2.45) is 0 Å². The highest BCUT2D eigenvalue weighted by atomic mass is 32.2. The van der Waals surface area contributed by atoms with Crippen LogP contribution in [0.2, 0.25) is 0 Å². The molecular formula is C19H19FN2O4S. The molecule has 27 heavy (non-hydrogen) atoms. The fourth-order valence-corrected chi connectivity index (χ4v) is 2.87. The smallest absolute Gasteiger partial charge is 0.321 e. The van der Waals surface area contributed by atoms with Crippen LogP contribution in [0, 0.1) is 5.82 Å². The molecule has 0 aromatic heterocycles. The van der Waals surface area contributed by atoms with Gasteiger partial charge in [-0.3, -0.25) is 14.9 Å². The van der Waals surface area contributed by atoms with E-state index in [0.29, 0.717) is 17.0 Å². The number of esters is 1. The number of carbonyl (C=O) groups is 3. The second-order valence-electron chi connectivity index (χ2n) is 5.35. The van der Waals surface area contributed by atoms with E-state index in [4.69, 9.17) is 4.74 Å². The van der Waals surface area contributed by atoms with Crippen LogP contribution in [0.1, 0.15) is 18.6 Å². The number of ether oxygens (including phenoxy) is 1. The molecule has 2 N–H and O–H groups in total. The Bertz CT molecular complexity index is 801. The predicted octanol–water partition coefficient (Wildman–Crippen LogP) is 3.05. The summed E-state index contributed by atoms with van der Waals surface area (Å²) in [6.45, 7) is 2.05. The maximum absolute atomic E-state index is 13.6. The second kappa shape index (κ2) is 10.3. The molecule has 2 aromatic carbocycles. The number of imide groups is 1. The van der Waals surface area contributed by atoms with E-state index >= 15 is 0 Å². The third-order valence-electron chi connectivity index (χ3n) is 3.35. The van der Waals surface area contributed by atoms with E-state index in [9.17, 15) is 18.8 Å². The molecule has 0 saturated carbocycles.